The molecule has 0 saturated carbocycles. The maximum Gasteiger partial charge on any atom is 0.327 e. The third kappa shape index (κ3) is 3.92. The fourth-order valence-corrected chi connectivity index (χ4v) is 2.44. The van der Waals surface area contributed by atoms with E-state index < -0.39 is 17.4 Å². The van der Waals surface area contributed by atoms with Gasteiger partial charge in [-0.1, -0.05) is 17.7 Å². The molecule has 0 saturated heterocycles. The van der Waals surface area contributed by atoms with Crippen LogP contribution in [0.3, 0.4) is 0 Å². The van der Waals surface area contributed by atoms with Crippen molar-refractivity contribution in [3.8, 4) is 0 Å². The molecule has 0 radical (unpaired) electrons. The molecule has 1 rings (SSSR count). The summed E-state index contributed by atoms with van der Waals surface area (Å²) >= 11 is 0. The van der Waals surface area contributed by atoms with Crippen LogP contribution >= 0.6 is 0 Å². The van der Waals surface area contributed by atoms with E-state index in [2.05, 4.69) is 0 Å². The second-order valence-corrected chi connectivity index (χ2v) is 4.84. The van der Waals surface area contributed by atoms with Gasteiger partial charge in [0.2, 0.25) is 0 Å². The second-order valence-electron chi connectivity index (χ2n) is 4.84. The van der Waals surface area contributed by atoms with Crippen LogP contribution in [-0.2, 0) is 28.5 Å². The summed E-state index contributed by atoms with van der Waals surface area (Å²) in [4.78, 5) is 24.0. The van der Waals surface area contributed by atoms with Gasteiger partial charge in [0.1, 0.15) is 0 Å². The maximum absolute atomic E-state index is 12.0. The number of ether oxygens (including phenoxy) is 4. The molecular weight excluding hydrogens is 276 g/mol. The number of hydrogen-bond donors (Lipinski definition) is 0. The van der Waals surface area contributed by atoms with Gasteiger partial charge in [-0.15, -0.1) is 0 Å². The summed E-state index contributed by atoms with van der Waals surface area (Å²) in [5.41, 5.74) is 0.451. The predicted molar refractivity (Wildman–Crippen MR) is 75.6 cm³/mol. The van der Waals surface area contributed by atoms with Crippen molar-refractivity contribution in [1.29, 1.82) is 0 Å². The summed E-state index contributed by atoms with van der Waals surface area (Å²) in [6.07, 6.45) is 4.43. The van der Waals surface area contributed by atoms with Crippen LogP contribution in [0, 0.1) is 5.41 Å². The summed E-state index contributed by atoms with van der Waals surface area (Å²) in [6.45, 7) is 0.850. The van der Waals surface area contributed by atoms with Gasteiger partial charge in [0.15, 0.2) is 5.41 Å². The molecule has 0 amide bonds. The first kappa shape index (κ1) is 17.4. The predicted octanol–water partition coefficient (Wildman–Crippen LogP) is 1.26. The average molecular weight is 298 g/mol. The van der Waals surface area contributed by atoms with E-state index in [-0.39, 0.29) is 0 Å². The first-order chi connectivity index (χ1) is 10.0. The summed E-state index contributed by atoms with van der Waals surface area (Å²) in [6, 6.07) is 0. The highest BCUT2D eigenvalue weighted by Crippen LogP contribution is 2.39. The van der Waals surface area contributed by atoms with E-state index in [9.17, 15) is 9.59 Å². The van der Waals surface area contributed by atoms with Crippen LogP contribution in [0.2, 0.25) is 0 Å². The normalized spacial score (nSPS) is 16.1. The Balaban J connectivity index is 3.07. The van der Waals surface area contributed by atoms with Gasteiger partial charge in [-0.25, -0.2) is 0 Å². The van der Waals surface area contributed by atoms with Gasteiger partial charge < -0.3 is 18.9 Å². The molecule has 1 aliphatic carbocycles. The third-order valence-corrected chi connectivity index (χ3v) is 3.39. The minimum absolute atomic E-state index is 0.339. The molecule has 118 valence electrons. The van der Waals surface area contributed by atoms with E-state index in [0.717, 1.165) is 11.1 Å². The highest BCUT2D eigenvalue weighted by atomic mass is 16.5. The van der Waals surface area contributed by atoms with Crippen LogP contribution in [0.5, 0.6) is 0 Å². The van der Waals surface area contributed by atoms with Gasteiger partial charge in [-0.05, 0) is 18.4 Å². The number of carbonyl (C=O) groups is 2. The zero-order valence-electron chi connectivity index (χ0n) is 12.9. The molecule has 0 aromatic carbocycles. The Labute approximate surface area is 124 Å². The van der Waals surface area contributed by atoms with Crippen molar-refractivity contribution in [2.75, 3.05) is 41.7 Å². The Hall–Kier alpha value is -1.66. The van der Waals surface area contributed by atoms with E-state index in [1.165, 1.54) is 14.2 Å². The van der Waals surface area contributed by atoms with Gasteiger partial charge in [-0.3, -0.25) is 9.59 Å². The molecule has 0 spiro atoms. The standard InChI is InChI=1S/C15H22O6/c1-18-9-12(10-19-2)7-11-5-6-15(8-11,13(16)20-3)14(17)21-4/h7-8H,5-6,9-10H2,1-4H3. The molecule has 0 unspecified atom stereocenters. The lowest BCUT2D eigenvalue weighted by Crippen LogP contribution is -2.37. The summed E-state index contributed by atoms with van der Waals surface area (Å²) in [5, 5.41) is 0. The molecule has 0 fully saturated rings. The van der Waals surface area contributed by atoms with Crippen molar-refractivity contribution < 1.29 is 28.5 Å². The number of methoxy groups -OCH3 is 4. The van der Waals surface area contributed by atoms with E-state index in [0.29, 0.717) is 26.1 Å². The summed E-state index contributed by atoms with van der Waals surface area (Å²) in [7, 11) is 5.71. The van der Waals surface area contributed by atoms with Crippen LogP contribution in [0.25, 0.3) is 0 Å². The van der Waals surface area contributed by atoms with Crippen LogP contribution in [0.15, 0.2) is 23.3 Å². The smallest absolute Gasteiger partial charge is 0.327 e. The van der Waals surface area contributed by atoms with Gasteiger partial charge in [0, 0.05) is 14.2 Å². The van der Waals surface area contributed by atoms with E-state index in [1.807, 2.05) is 6.08 Å². The van der Waals surface area contributed by atoms with E-state index in [4.69, 9.17) is 18.9 Å². The van der Waals surface area contributed by atoms with Gasteiger partial charge >= 0.3 is 11.9 Å². The summed E-state index contributed by atoms with van der Waals surface area (Å²) in [5.74, 6) is -1.20. The Morgan fingerprint density at radius 1 is 1.10 bits per heavy atom. The Kier molecular flexibility index (Phi) is 6.58. The maximum atomic E-state index is 12.0. The number of carbonyl (C=O) groups excluding carboxylic acids is 2. The molecule has 0 aromatic heterocycles. The monoisotopic (exact) mass is 298 g/mol. The number of esters is 2. The molecule has 6 heteroatoms. The summed E-state index contributed by atoms with van der Waals surface area (Å²) < 4.78 is 19.7. The van der Waals surface area contributed by atoms with Crippen molar-refractivity contribution in [1.82, 2.24) is 0 Å². The first-order valence-electron chi connectivity index (χ1n) is 6.60. The fourth-order valence-electron chi connectivity index (χ4n) is 2.44. The second kappa shape index (κ2) is 7.95. The van der Waals surface area contributed by atoms with Crippen molar-refractivity contribution >= 4 is 11.9 Å². The lowest BCUT2D eigenvalue weighted by atomic mass is 9.88. The van der Waals surface area contributed by atoms with Gasteiger partial charge in [-0.2, -0.15) is 0 Å². The molecule has 0 bridgehead atoms. The molecule has 0 heterocycles. The average Bonchev–Trinajstić information content (AvgIpc) is 2.91. The number of hydrogen-bond acceptors (Lipinski definition) is 6. The van der Waals surface area contributed by atoms with Crippen molar-refractivity contribution in [2.45, 2.75) is 12.8 Å². The highest BCUT2D eigenvalue weighted by Gasteiger charge is 2.49. The molecule has 1 aliphatic rings. The molecule has 0 atom stereocenters. The minimum Gasteiger partial charge on any atom is -0.468 e. The Morgan fingerprint density at radius 3 is 2.05 bits per heavy atom. The van der Waals surface area contributed by atoms with Gasteiger partial charge in [0.05, 0.1) is 27.4 Å². The van der Waals surface area contributed by atoms with Crippen LogP contribution in [0.1, 0.15) is 12.8 Å². The Morgan fingerprint density at radius 2 is 1.62 bits per heavy atom. The topological polar surface area (TPSA) is 71.1 Å². The molecule has 21 heavy (non-hydrogen) atoms. The number of rotatable bonds is 7. The van der Waals surface area contributed by atoms with Crippen molar-refractivity contribution in [3.63, 3.8) is 0 Å². The SMILES string of the molecule is COCC(=CC1=CC(C(=O)OC)(C(=O)OC)CC1)COC. The molecule has 0 aromatic rings. The molecule has 0 N–H and O–H groups in total. The molecule has 6 nitrogen and oxygen atoms in total. The lowest BCUT2D eigenvalue weighted by Gasteiger charge is -2.20. The molecular formula is C15H22O6. The zero-order valence-corrected chi connectivity index (χ0v) is 12.9. The Bertz CT molecular complexity index is 425. The van der Waals surface area contributed by atoms with E-state index in [1.54, 1.807) is 20.3 Å². The highest BCUT2D eigenvalue weighted by molar-refractivity contribution is 6.03. The minimum atomic E-state index is -1.35. The van der Waals surface area contributed by atoms with Crippen LogP contribution in [0.4, 0.5) is 0 Å². The van der Waals surface area contributed by atoms with E-state index >= 15 is 0 Å². The van der Waals surface area contributed by atoms with Gasteiger partial charge in [0.25, 0.3) is 0 Å². The number of allylic oxidation sites excluding steroid dienone is 2. The van der Waals surface area contributed by atoms with Crippen molar-refractivity contribution in [2.24, 2.45) is 5.41 Å². The fraction of sp³-hybridized carbons (Fsp3) is 0.600. The molecule has 0 aliphatic heterocycles. The first-order valence-corrected chi connectivity index (χ1v) is 6.60. The zero-order chi connectivity index (χ0) is 15.9. The lowest BCUT2D eigenvalue weighted by molar-refractivity contribution is -0.165. The van der Waals surface area contributed by atoms with Crippen molar-refractivity contribution in [3.05, 3.63) is 23.3 Å². The third-order valence-electron chi connectivity index (χ3n) is 3.39. The van der Waals surface area contributed by atoms with Crippen LogP contribution < -0.4 is 0 Å². The quantitative estimate of drug-likeness (QED) is 0.520. The largest absolute Gasteiger partial charge is 0.468 e. The van der Waals surface area contributed by atoms with Crippen LogP contribution in [-0.4, -0.2) is 53.6 Å².